The van der Waals surface area contributed by atoms with E-state index in [1.54, 1.807) is 0 Å². The number of hydrogen-bond donors (Lipinski definition) is 0. The van der Waals surface area contributed by atoms with Crippen LogP contribution in [-0.2, 0) is 28.5 Å². The summed E-state index contributed by atoms with van der Waals surface area (Å²) in [5.74, 6) is -3.73. The quantitative estimate of drug-likeness (QED) is 0.528. The van der Waals surface area contributed by atoms with Crippen LogP contribution in [0.2, 0.25) is 0 Å². The molecule has 2 saturated carbocycles. The number of esters is 2. The molecule has 0 spiro atoms. The largest absolute Gasteiger partial charge is 0.456 e. The van der Waals surface area contributed by atoms with Crippen LogP contribution in [0.4, 0.5) is 0 Å². The maximum atomic E-state index is 12.8. The topological polar surface area (TPSA) is 71.1 Å². The van der Waals surface area contributed by atoms with E-state index < -0.39 is 17.7 Å². The summed E-state index contributed by atoms with van der Waals surface area (Å²) >= 11 is 0. The smallest absolute Gasteiger partial charge is 0.452 e. The van der Waals surface area contributed by atoms with Gasteiger partial charge in [-0.15, -0.1) is 0 Å². The van der Waals surface area contributed by atoms with Crippen molar-refractivity contribution in [1.82, 2.24) is 0 Å². The minimum Gasteiger partial charge on any atom is -0.456 e. The molecule has 0 aromatic heterocycles. The van der Waals surface area contributed by atoms with Crippen LogP contribution in [0, 0.1) is 0 Å². The molecule has 0 aromatic carbocycles. The molecule has 0 saturated heterocycles. The van der Waals surface area contributed by atoms with Gasteiger partial charge < -0.3 is 18.9 Å². The molecule has 6 nitrogen and oxygen atoms in total. The van der Waals surface area contributed by atoms with Crippen LogP contribution < -0.4 is 0 Å². The lowest BCUT2D eigenvalue weighted by Crippen LogP contribution is -2.51. The highest BCUT2D eigenvalue weighted by Gasteiger charge is 2.57. The zero-order valence-corrected chi connectivity index (χ0v) is 16.2. The van der Waals surface area contributed by atoms with Crippen molar-refractivity contribution in [2.45, 2.75) is 108 Å². The minimum atomic E-state index is -2.13. The summed E-state index contributed by atoms with van der Waals surface area (Å²) in [6, 6.07) is 0. The summed E-state index contributed by atoms with van der Waals surface area (Å²) in [4.78, 5) is 25.7. The standard InChI is InChI=1S/C21H32O6/c22-19(26-17-11-7-3-1-4-8-12-17)21(24-15-16-25-21)20(23)27-18-13-9-5-2-6-10-14-18/h15-18H,1-14H2. The number of rotatable bonds is 4. The lowest BCUT2D eigenvalue weighted by molar-refractivity contribution is -0.224. The van der Waals surface area contributed by atoms with E-state index in [4.69, 9.17) is 18.9 Å². The fraction of sp³-hybridized carbons (Fsp3) is 0.810. The number of hydrogen-bond acceptors (Lipinski definition) is 6. The highest BCUT2D eigenvalue weighted by Crippen LogP contribution is 2.29. The maximum Gasteiger partial charge on any atom is 0.452 e. The highest BCUT2D eigenvalue weighted by atomic mass is 16.8. The Kier molecular flexibility index (Phi) is 7.41. The van der Waals surface area contributed by atoms with Crippen LogP contribution in [0.15, 0.2) is 12.5 Å². The molecular weight excluding hydrogens is 348 g/mol. The van der Waals surface area contributed by atoms with E-state index >= 15 is 0 Å². The Morgan fingerprint density at radius 2 is 0.963 bits per heavy atom. The summed E-state index contributed by atoms with van der Waals surface area (Å²) in [5, 5.41) is 0. The molecule has 1 aliphatic heterocycles. The van der Waals surface area contributed by atoms with E-state index in [9.17, 15) is 9.59 Å². The second-order valence-electron chi connectivity index (χ2n) is 7.87. The molecule has 0 atom stereocenters. The molecule has 0 aromatic rings. The van der Waals surface area contributed by atoms with Crippen molar-refractivity contribution in [1.29, 1.82) is 0 Å². The van der Waals surface area contributed by atoms with Crippen molar-refractivity contribution in [3.8, 4) is 0 Å². The Balaban J connectivity index is 1.61. The van der Waals surface area contributed by atoms with E-state index in [2.05, 4.69) is 0 Å². The molecule has 2 fully saturated rings. The summed E-state index contributed by atoms with van der Waals surface area (Å²) in [7, 11) is 0. The van der Waals surface area contributed by atoms with Gasteiger partial charge in [0.05, 0.1) is 0 Å². The van der Waals surface area contributed by atoms with Crippen molar-refractivity contribution >= 4 is 11.9 Å². The van der Waals surface area contributed by atoms with Crippen LogP contribution in [-0.4, -0.2) is 29.9 Å². The lowest BCUT2D eigenvalue weighted by atomic mass is 9.98. The second kappa shape index (κ2) is 10.00. The van der Waals surface area contributed by atoms with Crippen LogP contribution in [0.1, 0.15) is 89.9 Å². The van der Waals surface area contributed by atoms with Gasteiger partial charge in [0.2, 0.25) is 0 Å². The molecule has 27 heavy (non-hydrogen) atoms. The van der Waals surface area contributed by atoms with Gasteiger partial charge in [0.1, 0.15) is 24.7 Å². The lowest BCUT2D eigenvalue weighted by Gasteiger charge is -2.29. The van der Waals surface area contributed by atoms with Gasteiger partial charge in [-0.3, -0.25) is 0 Å². The normalized spacial score (nSPS) is 24.4. The van der Waals surface area contributed by atoms with Gasteiger partial charge in [-0.05, 0) is 51.4 Å². The first-order valence-corrected chi connectivity index (χ1v) is 10.6. The fourth-order valence-corrected chi connectivity index (χ4v) is 4.08. The number of ether oxygens (including phenoxy) is 4. The molecule has 152 valence electrons. The van der Waals surface area contributed by atoms with E-state index in [1.165, 1.54) is 25.4 Å². The third-order valence-electron chi connectivity index (χ3n) is 5.71. The summed E-state index contributed by atoms with van der Waals surface area (Å²) in [6.07, 6.45) is 16.4. The molecule has 0 radical (unpaired) electrons. The second-order valence-corrected chi connectivity index (χ2v) is 7.87. The van der Waals surface area contributed by atoms with Gasteiger partial charge in [0.15, 0.2) is 0 Å². The molecule has 0 unspecified atom stereocenters. The van der Waals surface area contributed by atoms with Crippen molar-refractivity contribution in [3.63, 3.8) is 0 Å². The van der Waals surface area contributed by atoms with Crippen molar-refractivity contribution in [3.05, 3.63) is 12.5 Å². The van der Waals surface area contributed by atoms with Gasteiger partial charge in [-0.25, -0.2) is 9.59 Å². The third-order valence-corrected chi connectivity index (χ3v) is 5.71. The first kappa shape index (κ1) is 20.0. The molecule has 0 N–H and O–H groups in total. The van der Waals surface area contributed by atoms with Gasteiger partial charge >= 0.3 is 17.7 Å². The molecule has 6 heteroatoms. The Bertz CT molecular complexity index is 467. The molecular formula is C21H32O6. The highest BCUT2D eigenvalue weighted by molar-refractivity contribution is 6.02. The predicted octanol–water partition coefficient (Wildman–Crippen LogP) is 4.51. The molecule has 0 bridgehead atoms. The van der Waals surface area contributed by atoms with Gasteiger partial charge in [0.25, 0.3) is 0 Å². The van der Waals surface area contributed by atoms with E-state index in [-0.39, 0.29) is 12.2 Å². The maximum absolute atomic E-state index is 12.8. The van der Waals surface area contributed by atoms with Crippen molar-refractivity contribution in [2.75, 3.05) is 0 Å². The van der Waals surface area contributed by atoms with Crippen molar-refractivity contribution < 1.29 is 28.5 Å². The van der Waals surface area contributed by atoms with E-state index in [0.29, 0.717) is 0 Å². The average molecular weight is 380 g/mol. The molecule has 0 amide bonds. The minimum absolute atomic E-state index is 0.198. The monoisotopic (exact) mass is 380 g/mol. The van der Waals surface area contributed by atoms with E-state index in [0.717, 1.165) is 77.0 Å². The van der Waals surface area contributed by atoms with Crippen LogP contribution in [0.5, 0.6) is 0 Å². The zero-order chi connectivity index (χ0) is 19.0. The predicted molar refractivity (Wildman–Crippen MR) is 98.4 cm³/mol. The molecule has 3 rings (SSSR count). The Morgan fingerprint density at radius 3 is 1.33 bits per heavy atom. The molecule has 2 aliphatic carbocycles. The molecule has 3 aliphatic rings. The first-order chi connectivity index (χ1) is 13.2. The summed E-state index contributed by atoms with van der Waals surface area (Å²) in [5.41, 5.74) is 0. The Morgan fingerprint density at radius 1 is 0.630 bits per heavy atom. The van der Waals surface area contributed by atoms with Gasteiger partial charge in [-0.1, -0.05) is 38.5 Å². The zero-order valence-electron chi connectivity index (χ0n) is 16.2. The van der Waals surface area contributed by atoms with Crippen LogP contribution in [0.3, 0.4) is 0 Å². The Labute approximate surface area is 161 Å². The van der Waals surface area contributed by atoms with Crippen LogP contribution >= 0.6 is 0 Å². The van der Waals surface area contributed by atoms with Crippen LogP contribution in [0.25, 0.3) is 0 Å². The summed E-state index contributed by atoms with van der Waals surface area (Å²) in [6.45, 7) is 0. The van der Waals surface area contributed by atoms with Gasteiger partial charge in [0, 0.05) is 0 Å². The van der Waals surface area contributed by atoms with Gasteiger partial charge in [-0.2, -0.15) is 0 Å². The number of carbonyl (C=O) groups is 2. The first-order valence-electron chi connectivity index (χ1n) is 10.6. The molecule has 1 heterocycles. The summed E-state index contributed by atoms with van der Waals surface area (Å²) < 4.78 is 21.9. The number of carbonyl (C=O) groups excluding carboxylic acids is 2. The fourth-order valence-electron chi connectivity index (χ4n) is 4.08. The third kappa shape index (κ3) is 5.39. The Hall–Kier alpha value is -1.72. The van der Waals surface area contributed by atoms with E-state index in [1.807, 2.05) is 0 Å². The SMILES string of the molecule is O=C(OC1CCCCCCC1)C1(C(=O)OC2CCCCCCC2)OC=CO1. The average Bonchev–Trinajstić information content (AvgIpc) is 3.10. The van der Waals surface area contributed by atoms with Crippen molar-refractivity contribution in [2.24, 2.45) is 0 Å².